The van der Waals surface area contributed by atoms with Crippen LogP contribution in [0.15, 0.2) is 18.2 Å². The molecule has 0 saturated carbocycles. The van der Waals surface area contributed by atoms with Gasteiger partial charge in [0.2, 0.25) is 5.91 Å². The van der Waals surface area contributed by atoms with Gasteiger partial charge in [-0.25, -0.2) is 0 Å². The maximum Gasteiger partial charge on any atom is 0.231 e. The van der Waals surface area contributed by atoms with E-state index in [-0.39, 0.29) is 11.9 Å². The second kappa shape index (κ2) is 5.08. The van der Waals surface area contributed by atoms with Gasteiger partial charge in [-0.15, -0.1) is 0 Å². The van der Waals surface area contributed by atoms with Gasteiger partial charge in [0.1, 0.15) is 0 Å². The number of anilines is 1. The minimum atomic E-state index is -0.0140. The van der Waals surface area contributed by atoms with E-state index < -0.39 is 0 Å². The van der Waals surface area contributed by atoms with E-state index in [1.54, 1.807) is 4.90 Å². The molecular formula is C14H21N3O. The van der Waals surface area contributed by atoms with Crippen molar-refractivity contribution in [1.29, 1.82) is 0 Å². The molecule has 0 fully saturated rings. The molecule has 4 nitrogen and oxygen atoms in total. The van der Waals surface area contributed by atoms with Gasteiger partial charge in [0.05, 0.1) is 6.42 Å². The van der Waals surface area contributed by atoms with Crippen LogP contribution in [0.5, 0.6) is 0 Å². The first-order valence-electron chi connectivity index (χ1n) is 6.39. The Morgan fingerprint density at radius 2 is 2.17 bits per heavy atom. The highest BCUT2D eigenvalue weighted by atomic mass is 16.2. The molecule has 1 heterocycles. The van der Waals surface area contributed by atoms with Crippen molar-refractivity contribution >= 4 is 11.6 Å². The number of benzene rings is 1. The molecule has 0 bridgehead atoms. The normalized spacial score (nSPS) is 17.8. The fourth-order valence-electron chi connectivity index (χ4n) is 2.47. The smallest absolute Gasteiger partial charge is 0.231 e. The van der Waals surface area contributed by atoms with Gasteiger partial charge >= 0.3 is 0 Å². The van der Waals surface area contributed by atoms with Gasteiger partial charge in [0.15, 0.2) is 0 Å². The third-order valence-corrected chi connectivity index (χ3v) is 3.80. The molecule has 1 aliphatic heterocycles. The van der Waals surface area contributed by atoms with Gasteiger partial charge in [-0.2, -0.15) is 0 Å². The highest BCUT2D eigenvalue weighted by molar-refractivity contribution is 6.00. The number of carbonyl (C=O) groups is 1. The lowest BCUT2D eigenvalue weighted by Crippen LogP contribution is -2.22. The summed E-state index contributed by atoms with van der Waals surface area (Å²) in [6.45, 7) is 2.77. The Kier molecular flexibility index (Phi) is 3.68. The highest BCUT2D eigenvalue weighted by Crippen LogP contribution is 2.31. The molecular weight excluding hydrogens is 226 g/mol. The van der Waals surface area contributed by atoms with Gasteiger partial charge in [0.25, 0.3) is 0 Å². The van der Waals surface area contributed by atoms with Crippen LogP contribution in [0.2, 0.25) is 0 Å². The first-order valence-corrected chi connectivity index (χ1v) is 6.39. The molecule has 4 heteroatoms. The maximum atomic E-state index is 11.6. The number of rotatable bonds is 4. The molecule has 2 rings (SSSR count). The summed E-state index contributed by atoms with van der Waals surface area (Å²) in [6, 6.07) is 6.06. The number of fused-ring (bicyclic) bond motifs is 1. The minimum absolute atomic E-state index is 0.0140. The van der Waals surface area contributed by atoms with Crippen LogP contribution in [0.3, 0.4) is 0 Å². The fraction of sp³-hybridized carbons (Fsp3) is 0.500. The average molecular weight is 247 g/mol. The summed E-state index contributed by atoms with van der Waals surface area (Å²) in [5, 5.41) is 0. The van der Waals surface area contributed by atoms with Crippen LogP contribution in [0.25, 0.3) is 0 Å². The number of likely N-dealkylation sites (N-methyl/N-ethyl adjacent to an activating group) is 1. The second-order valence-corrected chi connectivity index (χ2v) is 5.10. The van der Waals surface area contributed by atoms with Crippen molar-refractivity contribution in [3.05, 3.63) is 29.3 Å². The number of nitrogens with two attached hydrogens (primary N) is 2. The SMILES string of the molecule is CC(CCN)C(N)c1ccc2c(c1)CC(=O)N2C. The third kappa shape index (κ3) is 2.26. The molecule has 1 aliphatic rings. The molecule has 1 aromatic rings. The molecule has 0 aromatic heterocycles. The molecule has 98 valence electrons. The first-order chi connectivity index (χ1) is 8.54. The predicted octanol–water partition coefficient (Wildman–Crippen LogP) is 1.19. The van der Waals surface area contributed by atoms with Gasteiger partial charge in [-0.1, -0.05) is 19.1 Å². The molecule has 4 N–H and O–H groups in total. The van der Waals surface area contributed by atoms with Crippen LogP contribution in [0.1, 0.15) is 30.5 Å². The maximum absolute atomic E-state index is 11.6. The van der Waals surface area contributed by atoms with Gasteiger partial charge in [0, 0.05) is 18.8 Å². The summed E-state index contributed by atoms with van der Waals surface area (Å²) >= 11 is 0. The van der Waals surface area contributed by atoms with Crippen molar-refractivity contribution in [2.75, 3.05) is 18.5 Å². The van der Waals surface area contributed by atoms with E-state index in [2.05, 4.69) is 13.0 Å². The Morgan fingerprint density at radius 1 is 1.44 bits per heavy atom. The van der Waals surface area contributed by atoms with Gasteiger partial charge < -0.3 is 16.4 Å². The van der Waals surface area contributed by atoms with Crippen LogP contribution in [-0.2, 0) is 11.2 Å². The Hall–Kier alpha value is -1.39. The Balaban J connectivity index is 2.23. The zero-order valence-electron chi connectivity index (χ0n) is 11.0. The van der Waals surface area contributed by atoms with E-state index in [0.717, 1.165) is 23.2 Å². The van der Waals surface area contributed by atoms with E-state index in [9.17, 15) is 4.79 Å². The van der Waals surface area contributed by atoms with E-state index in [0.29, 0.717) is 18.9 Å². The monoisotopic (exact) mass is 247 g/mol. The summed E-state index contributed by atoms with van der Waals surface area (Å²) in [5.74, 6) is 0.494. The first kappa shape index (κ1) is 13.1. The molecule has 1 amide bonds. The van der Waals surface area contributed by atoms with Crippen molar-refractivity contribution in [1.82, 2.24) is 0 Å². The van der Waals surface area contributed by atoms with Crippen molar-refractivity contribution in [2.24, 2.45) is 17.4 Å². The predicted molar refractivity (Wildman–Crippen MR) is 73.3 cm³/mol. The average Bonchev–Trinajstić information content (AvgIpc) is 2.64. The topological polar surface area (TPSA) is 72.3 Å². The standard InChI is InChI=1S/C14H21N3O/c1-9(5-6-15)14(16)10-3-4-12-11(7-10)8-13(18)17(12)2/h3-4,7,9,14H,5-6,8,15-16H2,1-2H3. The second-order valence-electron chi connectivity index (χ2n) is 5.10. The summed E-state index contributed by atoms with van der Waals surface area (Å²) in [4.78, 5) is 13.3. The number of carbonyl (C=O) groups excluding carboxylic acids is 1. The van der Waals surface area contributed by atoms with E-state index in [1.165, 1.54) is 0 Å². The number of amides is 1. The van der Waals surface area contributed by atoms with E-state index in [1.807, 2.05) is 19.2 Å². The lowest BCUT2D eigenvalue weighted by molar-refractivity contribution is -0.117. The molecule has 1 aromatic carbocycles. The molecule has 18 heavy (non-hydrogen) atoms. The quantitative estimate of drug-likeness (QED) is 0.839. The van der Waals surface area contributed by atoms with Crippen LogP contribution in [0, 0.1) is 5.92 Å². The van der Waals surface area contributed by atoms with Crippen LogP contribution in [-0.4, -0.2) is 19.5 Å². The molecule has 0 spiro atoms. The molecule has 2 unspecified atom stereocenters. The minimum Gasteiger partial charge on any atom is -0.330 e. The van der Waals surface area contributed by atoms with Crippen molar-refractivity contribution in [2.45, 2.75) is 25.8 Å². The Bertz CT molecular complexity index is 458. The fourth-order valence-corrected chi connectivity index (χ4v) is 2.47. The van der Waals surface area contributed by atoms with Crippen molar-refractivity contribution in [3.63, 3.8) is 0 Å². The van der Waals surface area contributed by atoms with E-state index >= 15 is 0 Å². The van der Waals surface area contributed by atoms with Crippen LogP contribution in [0.4, 0.5) is 5.69 Å². The summed E-state index contributed by atoms with van der Waals surface area (Å²) < 4.78 is 0. The number of nitrogens with zero attached hydrogens (tertiary/aromatic N) is 1. The largest absolute Gasteiger partial charge is 0.330 e. The molecule has 0 aliphatic carbocycles. The summed E-state index contributed by atoms with van der Waals surface area (Å²) in [7, 11) is 1.81. The zero-order valence-corrected chi connectivity index (χ0v) is 11.0. The zero-order chi connectivity index (χ0) is 13.3. The van der Waals surface area contributed by atoms with Crippen molar-refractivity contribution in [3.8, 4) is 0 Å². The molecule has 2 atom stereocenters. The lowest BCUT2D eigenvalue weighted by Gasteiger charge is -2.20. The number of hydrogen-bond donors (Lipinski definition) is 2. The third-order valence-electron chi connectivity index (χ3n) is 3.80. The van der Waals surface area contributed by atoms with Crippen LogP contribution < -0.4 is 16.4 Å². The molecule has 0 saturated heterocycles. The van der Waals surface area contributed by atoms with E-state index in [4.69, 9.17) is 11.5 Å². The van der Waals surface area contributed by atoms with Gasteiger partial charge in [-0.05, 0) is 36.1 Å². The Labute approximate surface area is 108 Å². The highest BCUT2D eigenvalue weighted by Gasteiger charge is 2.25. The molecule has 0 radical (unpaired) electrons. The Morgan fingerprint density at radius 3 is 2.83 bits per heavy atom. The van der Waals surface area contributed by atoms with Crippen LogP contribution >= 0.6 is 0 Å². The lowest BCUT2D eigenvalue weighted by atomic mass is 9.91. The number of hydrogen-bond acceptors (Lipinski definition) is 3. The summed E-state index contributed by atoms with van der Waals surface area (Å²) in [6.07, 6.45) is 1.40. The summed E-state index contributed by atoms with van der Waals surface area (Å²) in [5.41, 5.74) is 15.0. The van der Waals surface area contributed by atoms with Gasteiger partial charge in [-0.3, -0.25) is 4.79 Å². The van der Waals surface area contributed by atoms with Crippen molar-refractivity contribution < 1.29 is 4.79 Å².